The van der Waals surface area contributed by atoms with Crippen LogP contribution in [0.4, 0.5) is 14.5 Å². The highest BCUT2D eigenvalue weighted by molar-refractivity contribution is 7.89. The molecule has 0 aromatic heterocycles. The van der Waals surface area contributed by atoms with Crippen molar-refractivity contribution in [2.75, 3.05) is 18.9 Å². The second-order valence-electron chi connectivity index (χ2n) is 5.08. The molecule has 1 saturated heterocycles. The van der Waals surface area contributed by atoms with Gasteiger partial charge in [-0.25, -0.2) is 21.9 Å². The van der Waals surface area contributed by atoms with Gasteiger partial charge >= 0.3 is 0 Å². The van der Waals surface area contributed by atoms with Gasteiger partial charge in [0, 0.05) is 24.8 Å². The van der Waals surface area contributed by atoms with Crippen LogP contribution in [-0.2, 0) is 14.8 Å². The molecule has 0 bridgehead atoms. The number of anilines is 1. The summed E-state index contributed by atoms with van der Waals surface area (Å²) < 4.78 is 58.8. The predicted molar refractivity (Wildman–Crippen MR) is 69.5 cm³/mol. The minimum absolute atomic E-state index is 0.413. The van der Waals surface area contributed by atoms with E-state index in [4.69, 9.17) is 10.5 Å². The van der Waals surface area contributed by atoms with Crippen molar-refractivity contribution in [3.8, 4) is 0 Å². The molecule has 1 aromatic carbocycles. The third-order valence-corrected chi connectivity index (χ3v) is 4.97. The first kappa shape index (κ1) is 15.1. The van der Waals surface area contributed by atoms with E-state index in [2.05, 4.69) is 4.72 Å². The lowest BCUT2D eigenvalue weighted by atomic mass is 9.94. The zero-order chi connectivity index (χ0) is 15.0. The topological polar surface area (TPSA) is 81.4 Å². The molecule has 0 saturated carbocycles. The van der Waals surface area contributed by atoms with Crippen molar-refractivity contribution in [2.24, 2.45) is 0 Å². The maximum absolute atomic E-state index is 13.7. The first-order valence-corrected chi connectivity index (χ1v) is 7.58. The molecule has 0 aliphatic carbocycles. The van der Waals surface area contributed by atoms with Gasteiger partial charge in [0.15, 0.2) is 0 Å². The molecule has 8 heteroatoms. The molecule has 3 N–H and O–H groups in total. The highest BCUT2D eigenvalue weighted by Crippen LogP contribution is 2.26. The smallest absolute Gasteiger partial charge is 0.244 e. The van der Waals surface area contributed by atoms with E-state index in [0.717, 1.165) is 6.07 Å². The molecule has 1 aromatic rings. The van der Waals surface area contributed by atoms with Crippen LogP contribution in [0.2, 0.25) is 0 Å². The Kier molecular flexibility index (Phi) is 3.99. The number of rotatable bonds is 3. The number of nitrogen functional groups attached to an aromatic ring is 1. The fraction of sp³-hybridized carbons (Fsp3) is 0.500. The highest BCUT2D eigenvalue weighted by Gasteiger charge is 2.34. The Morgan fingerprint density at radius 1 is 1.25 bits per heavy atom. The predicted octanol–water partition coefficient (Wildman–Crippen LogP) is 1.39. The highest BCUT2D eigenvalue weighted by atomic mass is 32.2. The summed E-state index contributed by atoms with van der Waals surface area (Å²) in [7, 11) is -4.12. The Morgan fingerprint density at radius 2 is 1.85 bits per heavy atom. The number of nitrogens with two attached hydrogens (primary N) is 1. The van der Waals surface area contributed by atoms with Gasteiger partial charge in [-0.05, 0) is 25.8 Å². The summed E-state index contributed by atoms with van der Waals surface area (Å²) in [5.41, 5.74) is 4.17. The number of halogens is 2. The molecule has 20 heavy (non-hydrogen) atoms. The van der Waals surface area contributed by atoms with Crippen molar-refractivity contribution < 1.29 is 21.9 Å². The zero-order valence-electron chi connectivity index (χ0n) is 10.9. The quantitative estimate of drug-likeness (QED) is 0.827. The van der Waals surface area contributed by atoms with E-state index < -0.39 is 37.8 Å². The summed E-state index contributed by atoms with van der Waals surface area (Å²) in [6, 6.07) is 1.26. The van der Waals surface area contributed by atoms with Gasteiger partial charge in [-0.1, -0.05) is 0 Å². The lowest BCUT2D eigenvalue weighted by Gasteiger charge is -2.34. The molecule has 1 aliphatic heterocycles. The van der Waals surface area contributed by atoms with Gasteiger partial charge in [0.25, 0.3) is 0 Å². The molecule has 0 unspecified atom stereocenters. The summed E-state index contributed by atoms with van der Waals surface area (Å²) in [4.78, 5) is -0.649. The molecule has 112 valence electrons. The normalized spacial score (nSPS) is 18.9. The van der Waals surface area contributed by atoms with E-state index in [-0.39, 0.29) is 0 Å². The average molecular weight is 306 g/mol. The maximum atomic E-state index is 13.7. The first-order valence-electron chi connectivity index (χ1n) is 6.10. The molecule has 5 nitrogen and oxygen atoms in total. The Hall–Kier alpha value is -1.25. The molecule has 0 atom stereocenters. The fourth-order valence-corrected chi connectivity index (χ4v) is 3.61. The van der Waals surface area contributed by atoms with Gasteiger partial charge in [-0.15, -0.1) is 0 Å². The molecule has 1 heterocycles. The summed E-state index contributed by atoms with van der Waals surface area (Å²) >= 11 is 0. The fourth-order valence-electron chi connectivity index (χ4n) is 2.05. The minimum atomic E-state index is -4.12. The standard InChI is InChI=1S/C12H16F2N2O3S/c1-12(2-4-19-5-3-12)16-20(17,18)11-7-10(15)8(13)6-9(11)14/h6-7,16H,2-5,15H2,1H3. The van der Waals surface area contributed by atoms with Crippen molar-refractivity contribution in [1.82, 2.24) is 4.72 Å². The van der Waals surface area contributed by atoms with Crippen molar-refractivity contribution in [3.05, 3.63) is 23.8 Å². The van der Waals surface area contributed by atoms with Crippen LogP contribution in [0, 0.1) is 11.6 Å². The Labute approximate surface area is 116 Å². The molecule has 0 amide bonds. The zero-order valence-corrected chi connectivity index (χ0v) is 11.8. The van der Waals surface area contributed by atoms with Crippen LogP contribution in [0.1, 0.15) is 19.8 Å². The van der Waals surface area contributed by atoms with Crippen LogP contribution in [0.15, 0.2) is 17.0 Å². The number of ether oxygens (including phenoxy) is 1. The number of nitrogens with one attached hydrogen (secondary N) is 1. The maximum Gasteiger partial charge on any atom is 0.244 e. The number of hydrogen-bond acceptors (Lipinski definition) is 4. The lowest BCUT2D eigenvalue weighted by molar-refractivity contribution is 0.0537. The Balaban J connectivity index is 2.33. The second-order valence-corrected chi connectivity index (χ2v) is 6.73. The molecule has 1 aliphatic rings. The minimum Gasteiger partial charge on any atom is -0.396 e. The third-order valence-electron chi connectivity index (χ3n) is 3.32. The van der Waals surface area contributed by atoms with Crippen molar-refractivity contribution in [1.29, 1.82) is 0 Å². The molecule has 1 fully saturated rings. The van der Waals surface area contributed by atoms with Gasteiger partial charge in [0.1, 0.15) is 16.5 Å². The van der Waals surface area contributed by atoms with Crippen LogP contribution >= 0.6 is 0 Å². The van der Waals surface area contributed by atoms with Crippen LogP contribution in [0.3, 0.4) is 0 Å². The van der Waals surface area contributed by atoms with E-state index in [1.54, 1.807) is 6.92 Å². The molecular formula is C12H16F2N2O3S. The van der Waals surface area contributed by atoms with E-state index in [1.165, 1.54) is 0 Å². The summed E-state index contributed by atoms with van der Waals surface area (Å²) in [5, 5.41) is 0. The Morgan fingerprint density at radius 3 is 2.45 bits per heavy atom. The molecule has 0 spiro atoms. The number of hydrogen-bond donors (Lipinski definition) is 2. The Bertz CT molecular complexity index is 613. The van der Waals surface area contributed by atoms with Crippen LogP contribution < -0.4 is 10.5 Å². The average Bonchev–Trinajstić information content (AvgIpc) is 2.33. The summed E-state index contributed by atoms with van der Waals surface area (Å²) in [6.07, 6.45) is 0.953. The van der Waals surface area contributed by atoms with Crippen molar-refractivity contribution in [3.63, 3.8) is 0 Å². The first-order chi connectivity index (χ1) is 9.23. The molecular weight excluding hydrogens is 290 g/mol. The van der Waals surface area contributed by atoms with Crippen molar-refractivity contribution >= 4 is 15.7 Å². The van der Waals surface area contributed by atoms with Crippen molar-refractivity contribution in [2.45, 2.75) is 30.2 Å². The lowest BCUT2D eigenvalue weighted by Crippen LogP contribution is -2.49. The SMILES string of the molecule is CC1(NS(=O)(=O)c2cc(N)c(F)cc2F)CCOCC1. The largest absolute Gasteiger partial charge is 0.396 e. The second kappa shape index (κ2) is 5.27. The van der Waals surface area contributed by atoms with E-state index in [1.807, 2.05) is 0 Å². The van der Waals surface area contributed by atoms with Crippen LogP contribution in [-0.4, -0.2) is 27.2 Å². The van der Waals surface area contributed by atoms with Gasteiger partial charge in [0.05, 0.1) is 5.69 Å². The third kappa shape index (κ3) is 3.08. The monoisotopic (exact) mass is 306 g/mol. The van der Waals surface area contributed by atoms with E-state index in [0.29, 0.717) is 32.1 Å². The van der Waals surface area contributed by atoms with Gasteiger partial charge in [-0.2, -0.15) is 0 Å². The molecule has 0 radical (unpaired) electrons. The van der Waals surface area contributed by atoms with Crippen LogP contribution in [0.5, 0.6) is 0 Å². The van der Waals surface area contributed by atoms with Gasteiger partial charge in [-0.3, -0.25) is 0 Å². The van der Waals surface area contributed by atoms with Crippen LogP contribution in [0.25, 0.3) is 0 Å². The molecule has 2 rings (SSSR count). The van der Waals surface area contributed by atoms with Gasteiger partial charge in [0.2, 0.25) is 10.0 Å². The number of sulfonamides is 1. The van der Waals surface area contributed by atoms with Gasteiger partial charge < -0.3 is 10.5 Å². The van der Waals surface area contributed by atoms with E-state index >= 15 is 0 Å². The summed E-state index contributed by atoms with van der Waals surface area (Å²) in [5.74, 6) is -2.15. The number of benzene rings is 1. The van der Waals surface area contributed by atoms with E-state index in [9.17, 15) is 17.2 Å². The summed E-state index contributed by atoms with van der Waals surface area (Å²) in [6.45, 7) is 2.57.